The first-order chi connectivity index (χ1) is 22.1. The first-order valence-electron chi connectivity index (χ1n) is 14.4. The Hall–Kier alpha value is -5.14. The van der Waals surface area contributed by atoms with Crippen molar-refractivity contribution in [2.75, 3.05) is 13.2 Å². The average molecular weight is 641 g/mol. The molecule has 0 unspecified atom stereocenters. The van der Waals surface area contributed by atoms with Gasteiger partial charge in [0.2, 0.25) is 11.3 Å². The molecule has 1 aromatic heterocycles. The Morgan fingerprint density at radius 3 is 2.67 bits per heavy atom. The molecule has 0 saturated carbocycles. The minimum atomic E-state index is -2.74. The van der Waals surface area contributed by atoms with Crippen LogP contribution >= 0.6 is 0 Å². The third-order valence-corrected chi connectivity index (χ3v) is 8.12. The summed E-state index contributed by atoms with van der Waals surface area (Å²) in [5.41, 5.74) is -2.12. The normalized spacial score (nSPS) is 21.5. The zero-order valence-electron chi connectivity index (χ0n) is 24.4. The zero-order chi connectivity index (χ0) is 32.6. The smallest absolute Gasteiger partial charge is 0.275 e. The predicted molar refractivity (Wildman–Crippen MR) is 156 cm³/mol. The maximum absolute atomic E-state index is 14.3. The maximum Gasteiger partial charge on any atom is 0.275 e. The predicted octanol–water partition coefficient (Wildman–Crippen LogP) is 4.35. The van der Waals surface area contributed by atoms with Gasteiger partial charge in [0.15, 0.2) is 23.7 Å². The number of aromatic nitrogens is 1. The minimum absolute atomic E-state index is 0.0196. The quantitative estimate of drug-likeness (QED) is 0.290. The van der Waals surface area contributed by atoms with Crippen LogP contribution < -0.4 is 15.5 Å². The largest absolute Gasteiger partial charge is 0.483 e. The summed E-state index contributed by atoms with van der Waals surface area (Å²) >= 11 is 0. The molecule has 2 bridgehead atoms. The SMILES string of the molecule is C[C@H]1C=C[C@]2(CC(OCC(F)F)=NO2)[C@H]2CN1C(=O)c1c(OCc3ccccc3)c(=O)c(C(=O)NCc3ccc(F)cc3F)cn12. The number of rotatable bonds is 8. The average Bonchev–Trinajstić information content (AvgIpc) is 3.41. The highest BCUT2D eigenvalue weighted by atomic mass is 19.3. The van der Waals surface area contributed by atoms with Crippen LogP contribution in [-0.2, 0) is 22.7 Å². The highest BCUT2D eigenvalue weighted by Gasteiger charge is 2.53. The highest BCUT2D eigenvalue weighted by molar-refractivity contribution is 5.99. The molecule has 4 heterocycles. The fourth-order valence-electron chi connectivity index (χ4n) is 5.72. The number of ether oxygens (including phenoxy) is 2. The van der Waals surface area contributed by atoms with E-state index < -0.39 is 65.2 Å². The number of hydrogen-bond acceptors (Lipinski definition) is 7. The number of fused-ring (bicyclic) bond motifs is 5. The summed E-state index contributed by atoms with van der Waals surface area (Å²) in [5, 5.41) is 6.38. The van der Waals surface area contributed by atoms with Crippen molar-refractivity contribution in [3.8, 4) is 5.75 Å². The standard InChI is InChI=1S/C32H28F4N4O6/c1-18-9-10-32(12-26(38-46-32)44-17-25(35)36)24-15-39(18)31(43)27-29(45-16-19-5-3-2-4-6-19)28(41)22(14-40(24)27)30(42)37-13-20-7-8-21(33)11-23(20)34/h2-11,14,18,24-25H,12-13,15-17H2,1H3,(H,37,42)/t18-,24+,32-/m0/s1. The Labute approximate surface area is 259 Å². The van der Waals surface area contributed by atoms with Crippen LogP contribution in [0.15, 0.2) is 76.8 Å². The van der Waals surface area contributed by atoms with E-state index in [2.05, 4.69) is 10.5 Å². The van der Waals surface area contributed by atoms with Crippen molar-refractivity contribution in [3.63, 3.8) is 0 Å². The van der Waals surface area contributed by atoms with Gasteiger partial charge in [0.05, 0.1) is 12.5 Å². The molecule has 0 radical (unpaired) electrons. The summed E-state index contributed by atoms with van der Waals surface area (Å²) in [6.07, 6.45) is 1.77. The monoisotopic (exact) mass is 640 g/mol. The summed E-state index contributed by atoms with van der Waals surface area (Å²) in [6.45, 7) is 0.433. The summed E-state index contributed by atoms with van der Waals surface area (Å²) < 4.78 is 66.0. The van der Waals surface area contributed by atoms with Gasteiger partial charge in [0.25, 0.3) is 18.2 Å². The van der Waals surface area contributed by atoms with Crippen LogP contribution in [0.5, 0.6) is 5.75 Å². The van der Waals surface area contributed by atoms with Crippen molar-refractivity contribution < 1.29 is 41.5 Å². The molecule has 14 heteroatoms. The number of alkyl halides is 2. The van der Waals surface area contributed by atoms with Gasteiger partial charge in [-0.1, -0.05) is 47.6 Å². The van der Waals surface area contributed by atoms with Crippen LogP contribution in [0.25, 0.3) is 0 Å². The van der Waals surface area contributed by atoms with Crippen LogP contribution in [0.4, 0.5) is 17.6 Å². The molecule has 1 spiro atoms. The number of nitrogens with one attached hydrogen (secondary N) is 1. The first-order valence-corrected chi connectivity index (χ1v) is 14.4. The van der Waals surface area contributed by atoms with Crippen molar-refractivity contribution >= 4 is 17.7 Å². The highest BCUT2D eigenvalue weighted by Crippen LogP contribution is 2.44. The summed E-state index contributed by atoms with van der Waals surface area (Å²) in [4.78, 5) is 48.7. The molecule has 3 aliphatic rings. The number of oxime groups is 1. The van der Waals surface area contributed by atoms with Gasteiger partial charge in [0.1, 0.15) is 23.8 Å². The lowest BCUT2D eigenvalue weighted by Gasteiger charge is -2.41. The molecule has 3 aromatic rings. The van der Waals surface area contributed by atoms with E-state index in [0.717, 1.165) is 6.07 Å². The van der Waals surface area contributed by atoms with Crippen LogP contribution in [0.1, 0.15) is 51.4 Å². The van der Waals surface area contributed by atoms with Gasteiger partial charge < -0.3 is 29.1 Å². The van der Waals surface area contributed by atoms with Crippen molar-refractivity contribution in [3.05, 3.63) is 111 Å². The van der Waals surface area contributed by atoms with Crippen LogP contribution in [0.3, 0.4) is 0 Å². The molecule has 46 heavy (non-hydrogen) atoms. The molecule has 2 aromatic carbocycles. The molecule has 2 amide bonds. The second-order valence-electron chi connectivity index (χ2n) is 11.1. The van der Waals surface area contributed by atoms with Crippen molar-refractivity contribution in [2.24, 2.45) is 5.16 Å². The molecular weight excluding hydrogens is 612 g/mol. The van der Waals surface area contributed by atoms with Crippen molar-refractivity contribution in [2.45, 2.75) is 50.6 Å². The first kappa shape index (κ1) is 30.9. The van der Waals surface area contributed by atoms with E-state index in [-0.39, 0.29) is 49.0 Å². The fraction of sp³-hybridized carbons (Fsp3) is 0.312. The lowest BCUT2D eigenvalue weighted by atomic mass is 9.88. The van der Waals surface area contributed by atoms with Crippen LogP contribution in [0.2, 0.25) is 0 Å². The molecule has 3 aliphatic heterocycles. The van der Waals surface area contributed by atoms with E-state index in [9.17, 15) is 31.9 Å². The Morgan fingerprint density at radius 2 is 1.93 bits per heavy atom. The van der Waals surface area contributed by atoms with E-state index in [1.165, 1.54) is 21.7 Å². The lowest BCUT2D eigenvalue weighted by molar-refractivity contribution is -0.0317. The number of amides is 2. The molecule has 0 fully saturated rings. The van der Waals surface area contributed by atoms with Gasteiger partial charge in [-0.2, -0.15) is 0 Å². The van der Waals surface area contributed by atoms with Gasteiger partial charge in [-0.25, -0.2) is 17.6 Å². The zero-order valence-corrected chi connectivity index (χ0v) is 24.4. The van der Waals surface area contributed by atoms with Crippen LogP contribution in [-0.4, -0.2) is 58.4 Å². The number of hydrogen-bond donors (Lipinski definition) is 1. The minimum Gasteiger partial charge on any atom is -0.483 e. The van der Waals surface area contributed by atoms with Gasteiger partial charge in [-0.05, 0) is 24.6 Å². The van der Waals surface area contributed by atoms with Gasteiger partial charge >= 0.3 is 0 Å². The van der Waals surface area contributed by atoms with E-state index in [1.807, 2.05) is 0 Å². The molecule has 1 N–H and O–H groups in total. The van der Waals surface area contributed by atoms with Crippen molar-refractivity contribution in [1.29, 1.82) is 0 Å². The Bertz CT molecular complexity index is 1800. The van der Waals surface area contributed by atoms with E-state index in [1.54, 1.807) is 49.4 Å². The molecular formula is C32H28F4N4O6. The number of carbonyl (C=O) groups excluding carboxylic acids is 2. The molecule has 6 rings (SSSR count). The second-order valence-corrected chi connectivity index (χ2v) is 11.1. The number of nitrogens with zero attached hydrogens (tertiary/aromatic N) is 3. The molecule has 3 atom stereocenters. The topological polar surface area (TPSA) is 111 Å². The molecule has 10 nitrogen and oxygen atoms in total. The third-order valence-electron chi connectivity index (χ3n) is 8.12. The fourth-order valence-corrected chi connectivity index (χ4v) is 5.72. The molecule has 0 aliphatic carbocycles. The Kier molecular flexibility index (Phi) is 8.28. The van der Waals surface area contributed by atoms with E-state index in [0.29, 0.717) is 11.6 Å². The third kappa shape index (κ3) is 5.82. The Morgan fingerprint density at radius 1 is 1.15 bits per heavy atom. The van der Waals surface area contributed by atoms with E-state index in [4.69, 9.17) is 14.3 Å². The summed E-state index contributed by atoms with van der Waals surface area (Å²) in [7, 11) is 0. The molecule has 0 saturated heterocycles. The number of carbonyl (C=O) groups is 2. The Balaban J connectivity index is 1.43. The van der Waals surface area contributed by atoms with Crippen LogP contribution in [0, 0.1) is 11.6 Å². The molecule has 240 valence electrons. The van der Waals surface area contributed by atoms with Gasteiger partial charge in [0, 0.05) is 37.0 Å². The number of halogens is 4. The maximum atomic E-state index is 14.3. The summed E-state index contributed by atoms with van der Waals surface area (Å²) in [6, 6.07) is 10.4. The van der Waals surface area contributed by atoms with E-state index >= 15 is 0 Å². The van der Waals surface area contributed by atoms with Crippen molar-refractivity contribution in [1.82, 2.24) is 14.8 Å². The number of pyridine rings is 1. The van der Waals surface area contributed by atoms with Gasteiger partial charge in [-0.3, -0.25) is 14.4 Å². The lowest BCUT2D eigenvalue weighted by Crippen LogP contribution is -2.53. The van der Waals surface area contributed by atoms with Gasteiger partial charge in [-0.15, -0.1) is 0 Å². The second kappa shape index (κ2) is 12.3. The summed E-state index contributed by atoms with van der Waals surface area (Å²) in [5.74, 6) is -3.59. The number of benzene rings is 2.